The predicted octanol–water partition coefficient (Wildman–Crippen LogP) is 7.05. The Kier molecular flexibility index (Phi) is 8.59. The maximum atomic E-state index is 14.1. The first-order chi connectivity index (χ1) is 22.1. The highest BCUT2D eigenvalue weighted by atomic mass is 16.7. The maximum Gasteiger partial charge on any atom is 0.410 e. The lowest BCUT2D eigenvalue weighted by Crippen LogP contribution is -2.59. The number of rotatable bonds is 8. The third-order valence-electron chi connectivity index (χ3n) is 9.88. The van der Waals surface area contributed by atoms with Gasteiger partial charge in [0.25, 0.3) is 0 Å². The highest BCUT2D eigenvalue weighted by Crippen LogP contribution is 2.52. The molecular formula is C37H40N2O6. The van der Waals surface area contributed by atoms with Crippen molar-refractivity contribution in [2.45, 2.75) is 57.6 Å². The fourth-order valence-corrected chi connectivity index (χ4v) is 7.77. The molecule has 45 heavy (non-hydrogen) atoms. The third kappa shape index (κ3) is 5.85. The zero-order valence-corrected chi connectivity index (χ0v) is 25.6. The van der Waals surface area contributed by atoms with E-state index in [0.717, 1.165) is 29.6 Å². The molecule has 0 radical (unpaired) electrons. The summed E-state index contributed by atoms with van der Waals surface area (Å²) in [5, 5.41) is 1.17. The molecule has 1 unspecified atom stereocenters. The Morgan fingerprint density at radius 3 is 2.40 bits per heavy atom. The largest absolute Gasteiger partial charge is 0.462 e. The average molecular weight is 609 g/mol. The Hall–Kier alpha value is -4.14. The normalized spacial score (nSPS) is 23.7. The minimum Gasteiger partial charge on any atom is -0.462 e. The molecule has 4 heterocycles. The van der Waals surface area contributed by atoms with Gasteiger partial charge in [0.1, 0.15) is 6.61 Å². The van der Waals surface area contributed by atoms with Crippen molar-refractivity contribution in [1.29, 1.82) is 0 Å². The van der Waals surface area contributed by atoms with Gasteiger partial charge in [0.15, 0.2) is 6.29 Å². The first-order valence-electron chi connectivity index (χ1n) is 16.2. The lowest BCUT2D eigenvalue weighted by Gasteiger charge is -2.54. The molecule has 2 fully saturated rings. The van der Waals surface area contributed by atoms with Crippen LogP contribution in [-0.2, 0) is 32.0 Å². The smallest absolute Gasteiger partial charge is 0.410 e. The Labute approximate surface area is 263 Å². The Morgan fingerprint density at radius 2 is 1.64 bits per heavy atom. The van der Waals surface area contributed by atoms with Gasteiger partial charge in [-0.2, -0.15) is 0 Å². The van der Waals surface area contributed by atoms with E-state index in [-0.39, 0.29) is 61.4 Å². The van der Waals surface area contributed by atoms with Crippen molar-refractivity contribution in [3.05, 3.63) is 107 Å². The quantitative estimate of drug-likeness (QED) is 0.216. The van der Waals surface area contributed by atoms with Crippen LogP contribution >= 0.6 is 0 Å². The molecule has 3 aliphatic rings. The molecule has 2 bridgehead atoms. The van der Waals surface area contributed by atoms with E-state index in [1.54, 1.807) is 12.1 Å². The van der Waals surface area contributed by atoms with Gasteiger partial charge in [0.2, 0.25) is 0 Å². The molecule has 2 saturated heterocycles. The van der Waals surface area contributed by atoms with Crippen LogP contribution in [0.3, 0.4) is 0 Å². The average Bonchev–Trinajstić information content (AvgIpc) is 3.47. The van der Waals surface area contributed by atoms with Crippen molar-refractivity contribution in [2.24, 2.45) is 17.8 Å². The second-order valence-electron chi connectivity index (χ2n) is 12.4. The summed E-state index contributed by atoms with van der Waals surface area (Å²) in [6.45, 7) is 3.87. The van der Waals surface area contributed by atoms with Crippen LogP contribution in [0.2, 0.25) is 0 Å². The number of aromatic amines is 1. The van der Waals surface area contributed by atoms with E-state index < -0.39 is 0 Å². The Morgan fingerprint density at radius 1 is 0.933 bits per heavy atom. The van der Waals surface area contributed by atoms with Gasteiger partial charge in [-0.3, -0.25) is 4.90 Å². The first-order valence-corrected chi connectivity index (χ1v) is 16.2. The van der Waals surface area contributed by atoms with Crippen LogP contribution in [0.15, 0.2) is 84.9 Å². The number of H-pyrrole nitrogens is 1. The minimum atomic E-state index is -0.364. The molecule has 3 aliphatic heterocycles. The second-order valence-corrected chi connectivity index (χ2v) is 12.4. The predicted molar refractivity (Wildman–Crippen MR) is 169 cm³/mol. The zero-order chi connectivity index (χ0) is 30.8. The van der Waals surface area contributed by atoms with Crippen molar-refractivity contribution >= 4 is 23.0 Å². The van der Waals surface area contributed by atoms with Gasteiger partial charge in [-0.05, 0) is 60.9 Å². The molecule has 7 rings (SSSR count). The summed E-state index contributed by atoms with van der Waals surface area (Å²) in [5.74, 6) is -0.367. The van der Waals surface area contributed by atoms with Crippen LogP contribution in [0.4, 0.5) is 4.79 Å². The van der Waals surface area contributed by atoms with Gasteiger partial charge < -0.3 is 23.9 Å². The Bertz CT molecular complexity index is 1620. The molecule has 0 saturated carbocycles. The summed E-state index contributed by atoms with van der Waals surface area (Å²) in [4.78, 5) is 32.9. The molecule has 234 valence electrons. The molecule has 4 aromatic rings. The highest BCUT2D eigenvalue weighted by molar-refractivity contribution is 5.89. The fourth-order valence-electron chi connectivity index (χ4n) is 7.77. The van der Waals surface area contributed by atoms with Gasteiger partial charge in [0.05, 0.1) is 31.4 Å². The van der Waals surface area contributed by atoms with Crippen LogP contribution < -0.4 is 0 Å². The van der Waals surface area contributed by atoms with Gasteiger partial charge in [-0.15, -0.1) is 0 Å². The van der Waals surface area contributed by atoms with Crippen LogP contribution in [0.5, 0.6) is 0 Å². The third-order valence-corrected chi connectivity index (χ3v) is 9.88. The standard InChI is InChI=1S/C37H40N2O6/c1-2-26(36-42-18-11-19-43-36)28-20-33-34-29(27-16-9-10-17-31(27)38-34)21-32(30(28)23-44-35(40)25-14-7-4-8-15-25)39(33)37(41)45-22-24-12-5-3-6-13-24/h3-10,12-17,26,28,30,32-33,36,38H,2,11,18-23H2,1H3/t26-,28-,30-,32?,33-/m0/s1. The number of esters is 1. The number of carbonyl (C=O) groups excluding carboxylic acids is 2. The van der Waals surface area contributed by atoms with E-state index in [1.807, 2.05) is 59.5 Å². The van der Waals surface area contributed by atoms with Crippen LogP contribution in [0, 0.1) is 17.8 Å². The molecule has 0 spiro atoms. The highest BCUT2D eigenvalue weighted by Gasteiger charge is 2.53. The summed E-state index contributed by atoms with van der Waals surface area (Å²) in [6.07, 6.45) is 2.33. The number of hydrogen-bond donors (Lipinski definition) is 1. The van der Waals surface area contributed by atoms with E-state index in [2.05, 4.69) is 30.1 Å². The number of piperidine rings is 1. The number of fused-ring (bicyclic) bond motifs is 6. The van der Waals surface area contributed by atoms with Crippen molar-refractivity contribution in [3.63, 3.8) is 0 Å². The van der Waals surface area contributed by atoms with Gasteiger partial charge in [0, 0.05) is 34.5 Å². The van der Waals surface area contributed by atoms with E-state index in [4.69, 9.17) is 18.9 Å². The number of carbonyl (C=O) groups is 2. The molecular weight excluding hydrogens is 568 g/mol. The van der Waals surface area contributed by atoms with E-state index in [0.29, 0.717) is 31.6 Å². The first kappa shape index (κ1) is 29.6. The number of para-hydroxylation sites is 1. The number of ether oxygens (including phenoxy) is 4. The molecule has 3 aromatic carbocycles. The number of aromatic nitrogens is 1. The lowest BCUT2D eigenvalue weighted by atomic mass is 9.65. The van der Waals surface area contributed by atoms with Crippen LogP contribution in [0.25, 0.3) is 10.9 Å². The zero-order valence-electron chi connectivity index (χ0n) is 25.6. The van der Waals surface area contributed by atoms with Crippen LogP contribution in [0.1, 0.15) is 59.4 Å². The summed E-state index contributed by atoms with van der Waals surface area (Å²) < 4.78 is 24.4. The molecule has 0 aliphatic carbocycles. The molecule has 8 nitrogen and oxygen atoms in total. The van der Waals surface area contributed by atoms with Crippen molar-refractivity contribution in [1.82, 2.24) is 9.88 Å². The van der Waals surface area contributed by atoms with Gasteiger partial charge >= 0.3 is 12.1 Å². The van der Waals surface area contributed by atoms with E-state index in [9.17, 15) is 9.59 Å². The SMILES string of the molecule is CC[C@H](C1OCCCO1)[C@@H]1C[C@H]2c3[nH]c4ccccc4c3CC([C@H]1COC(=O)c1ccccc1)N2C(=O)OCc1ccccc1. The lowest BCUT2D eigenvalue weighted by molar-refractivity contribution is -0.224. The van der Waals surface area contributed by atoms with Crippen LogP contribution in [-0.4, -0.2) is 54.1 Å². The number of nitrogens with zero attached hydrogens (tertiary/aromatic N) is 1. The molecule has 1 amide bonds. The van der Waals surface area contributed by atoms with Gasteiger partial charge in [-0.25, -0.2) is 9.59 Å². The minimum absolute atomic E-state index is 0.0733. The number of nitrogens with one attached hydrogen (secondary N) is 1. The van der Waals surface area contributed by atoms with Crippen molar-refractivity contribution < 1.29 is 28.5 Å². The van der Waals surface area contributed by atoms with Gasteiger partial charge in [-0.1, -0.05) is 73.7 Å². The maximum absolute atomic E-state index is 14.1. The summed E-state index contributed by atoms with van der Waals surface area (Å²) in [7, 11) is 0. The topological polar surface area (TPSA) is 90.1 Å². The summed E-state index contributed by atoms with van der Waals surface area (Å²) in [6, 6.07) is 26.7. The van der Waals surface area contributed by atoms with Crippen molar-refractivity contribution in [2.75, 3.05) is 19.8 Å². The second kappa shape index (κ2) is 13.1. The van der Waals surface area contributed by atoms with E-state index >= 15 is 0 Å². The molecule has 5 atom stereocenters. The molecule has 1 aromatic heterocycles. The number of benzene rings is 3. The Balaban J connectivity index is 1.26. The fraction of sp³-hybridized carbons (Fsp3) is 0.405. The number of hydrogen-bond acceptors (Lipinski definition) is 6. The molecule has 8 heteroatoms. The number of amides is 1. The summed E-state index contributed by atoms with van der Waals surface area (Å²) in [5.41, 5.74) is 4.79. The monoisotopic (exact) mass is 608 g/mol. The summed E-state index contributed by atoms with van der Waals surface area (Å²) >= 11 is 0. The van der Waals surface area contributed by atoms with E-state index in [1.165, 1.54) is 10.9 Å². The molecule has 1 N–H and O–H groups in total. The van der Waals surface area contributed by atoms with Crippen molar-refractivity contribution in [3.8, 4) is 0 Å².